The molecule has 0 heterocycles. The van der Waals surface area contributed by atoms with Crippen LogP contribution in [0, 0.1) is 21.4 Å². The summed E-state index contributed by atoms with van der Waals surface area (Å²) in [7, 11) is 0. The Morgan fingerprint density at radius 1 is 0.483 bits per heavy atom. The van der Waals surface area contributed by atoms with Gasteiger partial charge in [-0.2, -0.15) is 0 Å². The second kappa shape index (κ2) is 26.1. The molecule has 0 radical (unpaired) electrons. The van der Waals surface area contributed by atoms with Crippen LogP contribution in [-0.2, 0) is 9.59 Å². The fraction of sp³-hybridized carbons (Fsp3) is 0.438. The molecule has 0 aliphatic rings. The van der Waals surface area contributed by atoms with Gasteiger partial charge in [0.1, 0.15) is 0 Å². The normalized spacial score (nSPS) is 12.0. The largest absolute Gasteiger partial charge is 0.395 e. The maximum absolute atomic E-state index is 14.0. The third-order valence-corrected chi connectivity index (χ3v) is 14.1. The molecule has 0 aliphatic heterocycles. The lowest BCUT2D eigenvalue weighted by Gasteiger charge is -2.27. The summed E-state index contributed by atoms with van der Waals surface area (Å²) in [6.45, 7) is -5.12. The average molecular weight is 1490 g/mol. The van der Waals surface area contributed by atoms with Crippen molar-refractivity contribution < 1.29 is 69.6 Å². The van der Waals surface area contributed by atoms with Crippen LogP contribution in [0.2, 0.25) is 0 Å². The van der Waals surface area contributed by atoms with Crippen LogP contribution in [0.3, 0.4) is 0 Å². The number of rotatable bonds is 20. The van der Waals surface area contributed by atoms with Gasteiger partial charge in [-0.15, -0.1) is 0 Å². The molecule has 2 unspecified atom stereocenters. The lowest BCUT2D eigenvalue weighted by atomic mass is 10.1. The van der Waals surface area contributed by atoms with E-state index >= 15 is 0 Å². The van der Waals surface area contributed by atoms with Gasteiger partial charge in [0.05, 0.1) is 99.8 Å². The maximum Gasteiger partial charge on any atom is 0.314 e. The van der Waals surface area contributed by atoms with Gasteiger partial charge in [0.15, 0.2) is 0 Å². The lowest BCUT2D eigenvalue weighted by Crippen LogP contribution is -2.42. The van der Waals surface area contributed by atoms with Crippen LogP contribution in [-0.4, -0.2) is 177 Å². The van der Waals surface area contributed by atoms with Crippen molar-refractivity contribution in [2.45, 2.75) is 12.2 Å². The summed E-state index contributed by atoms with van der Waals surface area (Å²) in [6, 6.07) is 0. The Morgan fingerprint density at radius 3 is 1.07 bits per heavy atom. The second-order valence-electron chi connectivity index (χ2n) is 11.6. The average Bonchev–Trinajstić information content (AvgIpc) is 3.18. The molecule has 6 amide bonds. The molecule has 0 aliphatic carbocycles. The SMILES string of the molecule is O=C(Nc1c(I)c(C(=O)NCCO)c(I)c(C(=O)N(CCO)CC(O)CO)c1I)C(=O)Nc1c(I)c(C(=O)NCCO)c(I)c(C(=O)N(CCO)CC(O)CO)c1I. The van der Waals surface area contributed by atoms with E-state index in [-0.39, 0.29) is 81.2 Å². The molecule has 2 aromatic carbocycles. The van der Waals surface area contributed by atoms with Gasteiger partial charge in [-0.1, -0.05) is 0 Å². The Bertz CT molecular complexity index is 1740. The third kappa shape index (κ3) is 13.7. The number of carbonyl (C=O) groups is 6. The second-order valence-corrected chi connectivity index (χ2v) is 18.1. The van der Waals surface area contributed by atoms with Gasteiger partial charge in [-0.05, 0) is 136 Å². The first-order chi connectivity index (χ1) is 27.4. The first-order valence-electron chi connectivity index (χ1n) is 16.6. The Morgan fingerprint density at radius 2 is 0.793 bits per heavy atom. The minimum absolute atomic E-state index is 0.0425. The molecule has 2 atom stereocenters. The van der Waals surface area contributed by atoms with E-state index in [1.54, 1.807) is 136 Å². The number of nitrogens with zero attached hydrogens (tertiary/aromatic N) is 2. The van der Waals surface area contributed by atoms with Crippen molar-refractivity contribution >= 4 is 182 Å². The number of hydrogen-bond acceptors (Lipinski definition) is 14. The zero-order valence-corrected chi connectivity index (χ0v) is 42.8. The van der Waals surface area contributed by atoms with Crippen LogP contribution in [0.4, 0.5) is 11.4 Å². The van der Waals surface area contributed by atoms with Crippen LogP contribution in [0.15, 0.2) is 0 Å². The minimum atomic E-state index is -1.39. The van der Waals surface area contributed by atoms with Crippen molar-refractivity contribution in [2.75, 3.05) is 89.5 Å². The van der Waals surface area contributed by atoms with Gasteiger partial charge in [0.2, 0.25) is 0 Å². The van der Waals surface area contributed by atoms with E-state index in [9.17, 15) is 69.6 Å². The molecule has 0 spiro atoms. The summed E-state index contributed by atoms with van der Waals surface area (Å²) < 4.78 is 0.412. The lowest BCUT2D eigenvalue weighted by molar-refractivity contribution is -0.133. The van der Waals surface area contributed by atoms with Gasteiger partial charge in [0, 0.05) is 46.4 Å². The van der Waals surface area contributed by atoms with Crippen molar-refractivity contribution in [1.82, 2.24) is 20.4 Å². The number of aliphatic hydroxyl groups excluding tert-OH is 8. The summed E-state index contributed by atoms with van der Waals surface area (Å²) >= 11 is 10.4. The van der Waals surface area contributed by atoms with E-state index < -0.39 is 100 Å². The topological polar surface area (TPSA) is 319 Å². The molecule has 20 nitrogen and oxygen atoms in total. The molecule has 2 aromatic rings. The van der Waals surface area contributed by atoms with E-state index in [2.05, 4.69) is 21.3 Å². The molecule has 322 valence electrons. The van der Waals surface area contributed by atoms with Gasteiger partial charge >= 0.3 is 11.8 Å². The van der Waals surface area contributed by atoms with E-state index in [0.29, 0.717) is 0 Å². The monoisotopic (exact) mass is 1490 g/mol. The van der Waals surface area contributed by atoms with Crippen LogP contribution in [0.25, 0.3) is 0 Å². The Labute approximate surface area is 412 Å². The first-order valence-corrected chi connectivity index (χ1v) is 23.0. The number of anilines is 2. The number of aliphatic hydroxyl groups is 8. The number of nitrogens with one attached hydrogen (secondary N) is 4. The minimum Gasteiger partial charge on any atom is -0.395 e. The standard InChI is InChI=1S/C32H38I6N6O14/c33-19-15(27(53)39-1-5-45)21(35)25(23(37)17(19)31(57)43(3-7-47)9-13(51)11-49)41-29(55)30(56)42-26-22(36)16(28(54)40-2-6-46)20(34)18(24(26)38)32(58)44(4-8-48)10-14(52)12-50/h13-14,45-52H,1-12H2,(H,39,53)(H,40,54)(H,41,55)(H,42,56). The maximum atomic E-state index is 14.0. The van der Waals surface area contributed by atoms with E-state index in [4.69, 9.17) is 0 Å². The molecule has 0 fully saturated rings. The zero-order valence-electron chi connectivity index (χ0n) is 29.8. The number of halogens is 6. The van der Waals surface area contributed by atoms with Crippen LogP contribution >= 0.6 is 136 Å². The number of benzene rings is 2. The summed E-state index contributed by atoms with van der Waals surface area (Å²) in [4.78, 5) is 84.3. The zero-order chi connectivity index (χ0) is 44.0. The van der Waals surface area contributed by atoms with Crippen molar-refractivity contribution in [3.05, 3.63) is 43.7 Å². The smallest absolute Gasteiger partial charge is 0.314 e. The van der Waals surface area contributed by atoms with Crippen molar-refractivity contribution in [1.29, 1.82) is 0 Å². The number of carbonyl (C=O) groups excluding carboxylic acids is 6. The molecule has 2 rings (SSSR count). The highest BCUT2D eigenvalue weighted by atomic mass is 127. The molecular weight excluding hydrogens is 1450 g/mol. The highest BCUT2D eigenvalue weighted by molar-refractivity contribution is 14.1. The van der Waals surface area contributed by atoms with Gasteiger partial charge < -0.3 is 71.9 Å². The van der Waals surface area contributed by atoms with Gasteiger partial charge in [0.25, 0.3) is 23.6 Å². The van der Waals surface area contributed by atoms with Gasteiger partial charge in [-0.3, -0.25) is 28.8 Å². The molecular formula is C32H38I6N6O14. The highest BCUT2D eigenvalue weighted by Crippen LogP contribution is 2.38. The highest BCUT2D eigenvalue weighted by Gasteiger charge is 2.34. The fourth-order valence-corrected chi connectivity index (χ4v) is 13.7. The van der Waals surface area contributed by atoms with E-state index in [0.717, 1.165) is 9.80 Å². The summed E-state index contributed by atoms with van der Waals surface area (Å²) in [5.41, 5.74) is -0.898. The van der Waals surface area contributed by atoms with Crippen LogP contribution in [0.5, 0.6) is 0 Å². The van der Waals surface area contributed by atoms with Crippen molar-refractivity contribution in [3.8, 4) is 0 Å². The van der Waals surface area contributed by atoms with Crippen molar-refractivity contribution in [2.24, 2.45) is 0 Å². The molecule has 26 heteroatoms. The Kier molecular flexibility index (Phi) is 24.0. The fourth-order valence-electron chi connectivity index (χ4n) is 4.91. The molecule has 0 aromatic heterocycles. The molecule has 12 N–H and O–H groups in total. The summed E-state index contributed by atoms with van der Waals surface area (Å²) in [5.74, 6) is -5.80. The van der Waals surface area contributed by atoms with E-state index in [1.165, 1.54) is 0 Å². The first kappa shape index (κ1) is 53.5. The molecule has 0 saturated heterocycles. The predicted octanol–water partition coefficient (Wildman–Crippen LogP) is -1.09. The molecule has 58 heavy (non-hydrogen) atoms. The Hall–Kier alpha value is -0.680. The van der Waals surface area contributed by atoms with Gasteiger partial charge in [-0.25, -0.2) is 0 Å². The number of amides is 6. The van der Waals surface area contributed by atoms with E-state index in [1.807, 2.05) is 0 Å². The third-order valence-electron chi connectivity index (χ3n) is 7.59. The Balaban J connectivity index is 2.81. The summed E-state index contributed by atoms with van der Waals surface area (Å²) in [6.07, 6.45) is -2.78. The van der Waals surface area contributed by atoms with Crippen molar-refractivity contribution in [3.63, 3.8) is 0 Å². The quantitative estimate of drug-likeness (QED) is 0.0555. The van der Waals surface area contributed by atoms with Crippen LogP contribution in [0.1, 0.15) is 41.4 Å². The molecule has 0 bridgehead atoms. The van der Waals surface area contributed by atoms with Crippen LogP contribution < -0.4 is 21.3 Å². The summed E-state index contributed by atoms with van der Waals surface area (Å²) in [5, 5.41) is 86.9. The molecule has 0 saturated carbocycles. The predicted molar refractivity (Wildman–Crippen MR) is 257 cm³/mol. The number of hydrogen-bond donors (Lipinski definition) is 12.